The van der Waals surface area contributed by atoms with Crippen LogP contribution in [0.3, 0.4) is 0 Å². The van der Waals surface area contributed by atoms with Gasteiger partial charge in [-0.05, 0) is 44.7 Å². The highest BCUT2D eigenvalue weighted by atomic mass is 79.9. The molecule has 1 aromatic carbocycles. The molecule has 0 aliphatic carbocycles. The third-order valence-corrected chi connectivity index (χ3v) is 7.74. The van der Waals surface area contributed by atoms with Crippen molar-refractivity contribution in [3.63, 3.8) is 0 Å². The molecular weight excluding hydrogens is 510 g/mol. The fraction of sp³-hybridized carbons (Fsp3) is 0.786. The molecule has 0 fully saturated rings. The Morgan fingerprint density at radius 1 is 0.706 bits per heavy atom. The highest BCUT2D eigenvalue weighted by Gasteiger charge is 2.19. The lowest BCUT2D eigenvalue weighted by molar-refractivity contribution is -0.907. The van der Waals surface area contributed by atoms with E-state index in [4.69, 9.17) is 0 Å². The fourth-order valence-corrected chi connectivity index (χ4v) is 5.47. The summed E-state index contributed by atoms with van der Waals surface area (Å²) in [6.07, 6.45) is 20.0. The number of hydrogen-bond donors (Lipinski definition) is 0. The van der Waals surface area contributed by atoms with Crippen LogP contribution in [-0.4, -0.2) is 49.5 Å². The lowest BCUT2D eigenvalue weighted by atomic mass is 10.1. The molecule has 0 bridgehead atoms. The highest BCUT2D eigenvalue weighted by molar-refractivity contribution is 9.09. The number of benzene rings is 1. The second kappa shape index (κ2) is 20.7. The van der Waals surface area contributed by atoms with Crippen molar-refractivity contribution in [3.05, 3.63) is 29.8 Å². The zero-order valence-corrected chi connectivity index (χ0v) is 24.9. The van der Waals surface area contributed by atoms with E-state index < -0.39 is 10.1 Å². The van der Waals surface area contributed by atoms with Crippen molar-refractivity contribution in [2.24, 2.45) is 0 Å². The number of rotatable bonds is 19. The number of halogens is 1. The predicted octanol–water partition coefficient (Wildman–Crippen LogP) is 8.23. The minimum atomic E-state index is -4.27. The molecule has 0 aliphatic rings. The van der Waals surface area contributed by atoms with E-state index in [0.29, 0.717) is 0 Å². The number of hydrogen-bond acceptors (Lipinski definition) is 3. The van der Waals surface area contributed by atoms with Gasteiger partial charge in [0.25, 0.3) is 0 Å². The van der Waals surface area contributed by atoms with E-state index in [1.54, 1.807) is 12.1 Å². The quantitative estimate of drug-likeness (QED) is 0.0739. The van der Waals surface area contributed by atoms with Crippen molar-refractivity contribution in [2.75, 3.05) is 32.0 Å². The minimum absolute atomic E-state index is 0.178. The molecule has 0 saturated carbocycles. The maximum absolute atomic E-state index is 10.4. The molecule has 6 heteroatoms. The zero-order chi connectivity index (χ0) is 25.7. The number of aryl methyl sites for hydroxylation is 1. The molecule has 0 saturated heterocycles. The van der Waals surface area contributed by atoms with Crippen LogP contribution in [0.25, 0.3) is 0 Å². The van der Waals surface area contributed by atoms with E-state index in [1.807, 2.05) is 6.92 Å². The topological polar surface area (TPSA) is 57.2 Å². The molecule has 4 nitrogen and oxygen atoms in total. The Kier molecular flexibility index (Phi) is 20.5. The lowest BCUT2D eigenvalue weighted by Crippen LogP contribution is -2.46. The molecule has 0 radical (unpaired) electrons. The van der Waals surface area contributed by atoms with Crippen molar-refractivity contribution in [1.29, 1.82) is 0 Å². The maximum Gasteiger partial charge on any atom is 0.124 e. The summed E-state index contributed by atoms with van der Waals surface area (Å²) in [6, 6.07) is 5.78. The average Bonchev–Trinajstić information content (AvgIpc) is 2.78. The van der Waals surface area contributed by atoms with Gasteiger partial charge in [-0.1, -0.05) is 112 Å². The smallest absolute Gasteiger partial charge is 0.124 e. The predicted molar refractivity (Wildman–Crippen MR) is 150 cm³/mol. The van der Waals surface area contributed by atoms with Gasteiger partial charge < -0.3 is 9.04 Å². The molecule has 0 aliphatic heterocycles. The summed E-state index contributed by atoms with van der Waals surface area (Å²) < 4.78 is 32.5. The Bertz CT molecular complexity index is 674. The van der Waals surface area contributed by atoms with Crippen LogP contribution in [0, 0.1) is 6.92 Å². The number of unbranched alkanes of at least 4 members (excludes halogenated alkanes) is 12. The van der Waals surface area contributed by atoms with Crippen molar-refractivity contribution in [3.8, 4) is 0 Å². The van der Waals surface area contributed by atoms with Gasteiger partial charge in [0.05, 0.1) is 36.9 Å². The summed E-state index contributed by atoms with van der Waals surface area (Å²) in [5.41, 5.74) is 0.928. The second-order valence-corrected chi connectivity index (χ2v) is 12.2. The summed E-state index contributed by atoms with van der Waals surface area (Å²) in [5, 5.41) is 1.15. The van der Waals surface area contributed by atoms with E-state index in [9.17, 15) is 13.0 Å². The SMILES string of the molecule is CCCCCCCCC[N+](C)(CCBr)CCCCCCCCC.Cc1ccc(S(=O)(=O)[O-])cc1. The summed E-state index contributed by atoms with van der Waals surface area (Å²) in [7, 11) is -1.79. The minimum Gasteiger partial charge on any atom is -0.744 e. The summed E-state index contributed by atoms with van der Waals surface area (Å²) in [4.78, 5) is -0.178. The molecule has 1 rings (SSSR count). The number of quaternary nitrogens is 1. The summed E-state index contributed by atoms with van der Waals surface area (Å²) >= 11 is 3.67. The van der Waals surface area contributed by atoms with E-state index >= 15 is 0 Å². The van der Waals surface area contributed by atoms with E-state index in [1.165, 1.54) is 126 Å². The van der Waals surface area contributed by atoms with Crippen molar-refractivity contribution >= 4 is 26.0 Å². The lowest BCUT2D eigenvalue weighted by Gasteiger charge is -2.34. The van der Waals surface area contributed by atoms with Crippen molar-refractivity contribution in [2.45, 2.75) is 116 Å². The van der Waals surface area contributed by atoms with Gasteiger partial charge in [-0.15, -0.1) is 0 Å². The van der Waals surface area contributed by atoms with Crippen molar-refractivity contribution < 1.29 is 17.5 Å². The van der Waals surface area contributed by atoms with Crippen LogP contribution in [0.1, 0.15) is 109 Å². The normalized spacial score (nSPS) is 11.8. The zero-order valence-electron chi connectivity index (χ0n) is 22.5. The van der Waals surface area contributed by atoms with Crippen LogP contribution in [0.15, 0.2) is 29.2 Å². The van der Waals surface area contributed by atoms with Crippen LogP contribution in [0.4, 0.5) is 0 Å². The van der Waals surface area contributed by atoms with Gasteiger partial charge >= 0.3 is 0 Å². The van der Waals surface area contributed by atoms with Crippen LogP contribution in [0.5, 0.6) is 0 Å². The van der Waals surface area contributed by atoms with Crippen LogP contribution >= 0.6 is 15.9 Å². The molecule has 34 heavy (non-hydrogen) atoms. The Morgan fingerprint density at radius 2 is 1.09 bits per heavy atom. The first-order valence-electron chi connectivity index (χ1n) is 13.6. The van der Waals surface area contributed by atoms with Gasteiger partial charge in [-0.3, -0.25) is 0 Å². The Balaban J connectivity index is 0.000000818. The van der Waals surface area contributed by atoms with Gasteiger partial charge in [-0.2, -0.15) is 0 Å². The van der Waals surface area contributed by atoms with Crippen LogP contribution < -0.4 is 0 Å². The molecule has 1 aromatic rings. The fourth-order valence-electron chi connectivity index (χ4n) is 4.15. The molecule has 0 amide bonds. The number of alkyl halides is 1. The molecule has 0 spiro atoms. The molecular formula is C28H52BrNO3S. The molecule has 0 aromatic heterocycles. The third kappa shape index (κ3) is 18.8. The summed E-state index contributed by atoms with van der Waals surface area (Å²) in [5.74, 6) is 0. The third-order valence-electron chi connectivity index (χ3n) is 6.54. The second-order valence-electron chi connectivity index (χ2n) is 9.99. The highest BCUT2D eigenvalue weighted by Crippen LogP contribution is 2.14. The molecule has 0 unspecified atom stereocenters. The van der Waals surface area contributed by atoms with Gasteiger partial charge in [0.15, 0.2) is 0 Å². The number of nitrogens with zero attached hydrogens (tertiary/aromatic N) is 1. The van der Waals surface area contributed by atoms with Crippen molar-refractivity contribution in [1.82, 2.24) is 0 Å². The standard InChI is InChI=1S/C21H45BrN.C7H8O3S/c1-4-6-8-10-12-14-16-19-23(3,21-18-22)20-17-15-13-11-9-7-5-2;1-6-2-4-7(5-3-6)11(8,9)10/h4-21H2,1-3H3;2-5H,1H3,(H,8,9,10)/q+1;/p-1. The van der Waals surface area contributed by atoms with Crippen LogP contribution in [0.2, 0.25) is 0 Å². The Morgan fingerprint density at radius 3 is 1.44 bits per heavy atom. The first kappa shape index (κ1) is 33.6. The molecule has 0 heterocycles. The van der Waals surface area contributed by atoms with Gasteiger partial charge in [0, 0.05) is 0 Å². The Labute approximate surface area is 220 Å². The van der Waals surface area contributed by atoms with E-state index in [0.717, 1.165) is 10.9 Å². The molecule has 0 atom stereocenters. The Hall–Kier alpha value is -0.430. The molecule has 0 N–H and O–H groups in total. The van der Waals surface area contributed by atoms with Gasteiger partial charge in [0.2, 0.25) is 0 Å². The van der Waals surface area contributed by atoms with Crippen LogP contribution in [-0.2, 0) is 10.1 Å². The molecule has 200 valence electrons. The monoisotopic (exact) mass is 561 g/mol. The van der Waals surface area contributed by atoms with Gasteiger partial charge in [0.1, 0.15) is 10.1 Å². The maximum atomic E-state index is 10.4. The first-order chi connectivity index (χ1) is 16.2. The van der Waals surface area contributed by atoms with E-state index in [2.05, 4.69) is 36.8 Å². The average molecular weight is 563 g/mol. The van der Waals surface area contributed by atoms with Gasteiger partial charge in [-0.25, -0.2) is 8.42 Å². The summed E-state index contributed by atoms with van der Waals surface area (Å²) in [6.45, 7) is 10.5. The largest absolute Gasteiger partial charge is 0.744 e. The first-order valence-corrected chi connectivity index (χ1v) is 16.1. The van der Waals surface area contributed by atoms with E-state index in [-0.39, 0.29) is 4.90 Å².